The Morgan fingerprint density at radius 1 is 1.19 bits per heavy atom. The second-order valence-corrected chi connectivity index (χ2v) is 7.12. The summed E-state index contributed by atoms with van der Waals surface area (Å²) in [4.78, 5) is 8.76. The normalized spacial score (nSPS) is 16.3. The standard InChI is InChI=1S/C21H15BrN4O/c1-12-2-3-14-6-9-16-18(13-4-7-15(22)8-5-13)17(10-23)21(25-11-24)27-20(16)19(14)26-12/h2-9,11,18H,1H3,(H2,24,25). The smallest absolute Gasteiger partial charge is 0.235 e. The van der Waals surface area contributed by atoms with Gasteiger partial charge in [-0.25, -0.2) is 9.98 Å². The summed E-state index contributed by atoms with van der Waals surface area (Å²) in [6.45, 7) is 1.93. The largest absolute Gasteiger partial charge is 0.435 e. The molecule has 0 saturated heterocycles. The highest BCUT2D eigenvalue weighted by molar-refractivity contribution is 9.10. The van der Waals surface area contributed by atoms with Crippen molar-refractivity contribution in [3.05, 3.63) is 81.3 Å². The first-order chi connectivity index (χ1) is 13.1. The Morgan fingerprint density at radius 2 is 1.93 bits per heavy atom. The first kappa shape index (κ1) is 17.3. The third-order valence-electron chi connectivity index (χ3n) is 4.53. The molecule has 0 fully saturated rings. The molecule has 1 atom stereocenters. The molecule has 0 spiro atoms. The first-order valence-electron chi connectivity index (χ1n) is 8.34. The van der Waals surface area contributed by atoms with Gasteiger partial charge in [0, 0.05) is 21.1 Å². The van der Waals surface area contributed by atoms with Crippen molar-refractivity contribution in [2.24, 2.45) is 10.7 Å². The molecule has 0 amide bonds. The fraction of sp³-hybridized carbons (Fsp3) is 0.0952. The maximum atomic E-state index is 9.83. The number of pyridine rings is 1. The van der Waals surface area contributed by atoms with Gasteiger partial charge >= 0.3 is 0 Å². The summed E-state index contributed by atoms with van der Waals surface area (Å²) >= 11 is 3.46. The SMILES string of the molecule is Cc1ccc2ccc3c(c2n1)OC(N=CN)=C(C#N)C3c1ccc(Br)cc1. The van der Waals surface area contributed by atoms with Crippen molar-refractivity contribution in [3.8, 4) is 11.8 Å². The van der Waals surface area contributed by atoms with E-state index in [0.717, 1.165) is 38.5 Å². The van der Waals surface area contributed by atoms with E-state index in [4.69, 9.17) is 10.5 Å². The summed E-state index contributed by atoms with van der Waals surface area (Å²) in [7, 11) is 0. The molecule has 0 aliphatic carbocycles. The fourth-order valence-electron chi connectivity index (χ4n) is 3.32. The minimum atomic E-state index is -0.308. The van der Waals surface area contributed by atoms with Crippen LogP contribution in [0.4, 0.5) is 0 Å². The van der Waals surface area contributed by atoms with Gasteiger partial charge in [-0.05, 0) is 30.7 Å². The summed E-state index contributed by atoms with van der Waals surface area (Å²) in [6.07, 6.45) is 1.14. The number of allylic oxidation sites excluding steroid dienone is 1. The quantitative estimate of drug-likeness (QED) is 0.488. The van der Waals surface area contributed by atoms with Crippen LogP contribution in [0.1, 0.15) is 22.7 Å². The number of nitrogens with two attached hydrogens (primary N) is 1. The molecule has 1 aromatic heterocycles. The molecule has 0 radical (unpaired) electrons. The van der Waals surface area contributed by atoms with Crippen LogP contribution < -0.4 is 10.5 Å². The lowest BCUT2D eigenvalue weighted by Crippen LogP contribution is -2.16. The monoisotopic (exact) mass is 418 g/mol. The number of nitriles is 1. The van der Waals surface area contributed by atoms with Crippen molar-refractivity contribution in [3.63, 3.8) is 0 Å². The zero-order valence-electron chi connectivity index (χ0n) is 14.5. The van der Waals surface area contributed by atoms with E-state index in [2.05, 4.69) is 32.0 Å². The Kier molecular flexibility index (Phi) is 4.38. The van der Waals surface area contributed by atoms with E-state index in [-0.39, 0.29) is 11.8 Å². The predicted octanol–water partition coefficient (Wildman–Crippen LogP) is 4.55. The van der Waals surface area contributed by atoms with Crippen molar-refractivity contribution < 1.29 is 4.74 Å². The molecule has 1 aliphatic rings. The number of halogens is 1. The van der Waals surface area contributed by atoms with E-state index in [1.807, 2.05) is 55.5 Å². The van der Waals surface area contributed by atoms with Crippen molar-refractivity contribution in [1.82, 2.24) is 4.98 Å². The van der Waals surface area contributed by atoms with Crippen molar-refractivity contribution in [1.29, 1.82) is 5.26 Å². The number of ether oxygens (including phenoxy) is 1. The second kappa shape index (κ2) is 6.86. The average Bonchev–Trinajstić information content (AvgIpc) is 2.68. The molecule has 0 bridgehead atoms. The number of nitrogens with zero attached hydrogens (tertiary/aromatic N) is 3. The van der Waals surface area contributed by atoms with Crippen LogP contribution in [-0.4, -0.2) is 11.3 Å². The molecule has 27 heavy (non-hydrogen) atoms. The molecule has 3 aromatic rings. The Hall–Kier alpha value is -3.17. The Labute approximate surface area is 164 Å². The van der Waals surface area contributed by atoms with Crippen LogP contribution in [0.3, 0.4) is 0 Å². The van der Waals surface area contributed by atoms with Gasteiger partial charge in [0.05, 0.1) is 12.3 Å². The van der Waals surface area contributed by atoms with Crippen LogP contribution in [0.5, 0.6) is 5.75 Å². The van der Waals surface area contributed by atoms with Crippen LogP contribution in [0.15, 0.2) is 69.5 Å². The highest BCUT2D eigenvalue weighted by atomic mass is 79.9. The van der Waals surface area contributed by atoms with Crippen LogP contribution in [-0.2, 0) is 0 Å². The highest BCUT2D eigenvalue weighted by Crippen LogP contribution is 2.46. The molecule has 1 unspecified atom stereocenters. The minimum absolute atomic E-state index is 0.205. The first-order valence-corrected chi connectivity index (χ1v) is 9.13. The van der Waals surface area contributed by atoms with Gasteiger partial charge < -0.3 is 10.5 Å². The van der Waals surface area contributed by atoms with Crippen LogP contribution in [0, 0.1) is 18.3 Å². The van der Waals surface area contributed by atoms with Gasteiger partial charge in [-0.15, -0.1) is 0 Å². The lowest BCUT2D eigenvalue weighted by atomic mass is 9.83. The molecule has 5 nitrogen and oxygen atoms in total. The maximum absolute atomic E-state index is 9.83. The number of rotatable bonds is 2. The molecule has 1 aliphatic heterocycles. The van der Waals surface area contributed by atoms with Crippen LogP contribution in [0.25, 0.3) is 10.9 Å². The summed E-state index contributed by atoms with van der Waals surface area (Å²) in [6, 6.07) is 18.1. The zero-order chi connectivity index (χ0) is 19.0. The summed E-state index contributed by atoms with van der Waals surface area (Å²) in [5.74, 6) is 0.511. The van der Waals surface area contributed by atoms with Gasteiger partial charge in [0.1, 0.15) is 17.2 Å². The number of hydrogen-bond donors (Lipinski definition) is 1. The van der Waals surface area contributed by atoms with Gasteiger partial charge in [-0.3, -0.25) is 0 Å². The van der Waals surface area contributed by atoms with Gasteiger partial charge in [-0.2, -0.15) is 5.26 Å². The number of fused-ring (bicyclic) bond motifs is 3. The average molecular weight is 419 g/mol. The molecule has 4 rings (SSSR count). The van der Waals surface area contributed by atoms with Crippen molar-refractivity contribution >= 4 is 33.2 Å². The molecule has 0 saturated carbocycles. The Balaban J connectivity index is 2.04. The number of hydrogen-bond acceptors (Lipinski definition) is 4. The molecule has 6 heteroatoms. The third-order valence-corrected chi connectivity index (χ3v) is 5.06. The molecular weight excluding hydrogens is 404 g/mol. The molecular formula is C21H15BrN4O. The topological polar surface area (TPSA) is 84.3 Å². The molecule has 2 N–H and O–H groups in total. The summed E-state index contributed by atoms with van der Waals surface area (Å²) in [5, 5.41) is 10.8. The van der Waals surface area contributed by atoms with Crippen LogP contribution in [0.2, 0.25) is 0 Å². The third kappa shape index (κ3) is 2.96. The Morgan fingerprint density at radius 3 is 2.63 bits per heavy atom. The van der Waals surface area contributed by atoms with E-state index in [0.29, 0.717) is 11.3 Å². The van der Waals surface area contributed by atoms with Crippen molar-refractivity contribution in [2.45, 2.75) is 12.8 Å². The zero-order valence-corrected chi connectivity index (χ0v) is 16.1. The van der Waals surface area contributed by atoms with E-state index in [1.165, 1.54) is 0 Å². The number of aryl methyl sites for hydroxylation is 1. The lowest BCUT2D eigenvalue weighted by Gasteiger charge is -2.27. The molecule has 2 aromatic carbocycles. The molecule has 132 valence electrons. The van der Waals surface area contributed by atoms with Crippen LogP contribution >= 0.6 is 15.9 Å². The predicted molar refractivity (Wildman–Crippen MR) is 108 cm³/mol. The number of benzene rings is 2. The lowest BCUT2D eigenvalue weighted by molar-refractivity contribution is 0.399. The summed E-state index contributed by atoms with van der Waals surface area (Å²) < 4.78 is 7.00. The van der Waals surface area contributed by atoms with E-state index in [9.17, 15) is 5.26 Å². The number of aliphatic imine (C=N–C) groups is 1. The number of aromatic nitrogens is 1. The minimum Gasteiger partial charge on any atom is -0.435 e. The van der Waals surface area contributed by atoms with Gasteiger partial charge in [0.15, 0.2) is 5.75 Å². The van der Waals surface area contributed by atoms with E-state index in [1.54, 1.807) is 0 Å². The molecule has 2 heterocycles. The fourth-order valence-corrected chi connectivity index (χ4v) is 3.58. The van der Waals surface area contributed by atoms with Gasteiger partial charge in [-0.1, -0.05) is 46.3 Å². The second-order valence-electron chi connectivity index (χ2n) is 6.20. The van der Waals surface area contributed by atoms with E-state index < -0.39 is 0 Å². The van der Waals surface area contributed by atoms with Gasteiger partial charge in [0.25, 0.3) is 0 Å². The van der Waals surface area contributed by atoms with Gasteiger partial charge in [0.2, 0.25) is 5.88 Å². The highest BCUT2D eigenvalue weighted by Gasteiger charge is 2.33. The Bertz CT molecular complexity index is 1140. The van der Waals surface area contributed by atoms with E-state index >= 15 is 0 Å². The maximum Gasteiger partial charge on any atom is 0.235 e. The summed E-state index contributed by atoms with van der Waals surface area (Å²) in [5.41, 5.74) is 9.40. The van der Waals surface area contributed by atoms with Crippen molar-refractivity contribution in [2.75, 3.05) is 0 Å².